The van der Waals surface area contributed by atoms with E-state index >= 15 is 0 Å². The van der Waals surface area contributed by atoms with Gasteiger partial charge in [0.1, 0.15) is 12.2 Å². The maximum Gasteiger partial charge on any atom is 0.141 e. The first-order valence-electron chi connectivity index (χ1n) is 5.60. The Kier molecular flexibility index (Phi) is 4.80. The van der Waals surface area contributed by atoms with E-state index in [4.69, 9.17) is 0 Å². The average Bonchev–Trinajstić information content (AvgIpc) is 2.66. The zero-order valence-electron chi connectivity index (χ0n) is 10.8. The molecule has 0 aliphatic carbocycles. The molecule has 0 aliphatic rings. The third kappa shape index (κ3) is 3.79. The molecule has 0 spiro atoms. The van der Waals surface area contributed by atoms with E-state index in [0.717, 1.165) is 18.9 Å². The quantitative estimate of drug-likeness (QED) is 0.829. The van der Waals surface area contributed by atoms with Crippen LogP contribution in [0.2, 0.25) is 0 Å². The summed E-state index contributed by atoms with van der Waals surface area (Å²) in [5.74, 6) is 1.01. The van der Waals surface area contributed by atoms with Crippen LogP contribution in [0.4, 0.5) is 0 Å². The van der Waals surface area contributed by atoms with Crippen LogP contribution in [-0.4, -0.2) is 32.3 Å². The summed E-state index contributed by atoms with van der Waals surface area (Å²) in [4.78, 5) is 4.27. The van der Waals surface area contributed by atoms with Gasteiger partial charge in [-0.1, -0.05) is 0 Å². The van der Waals surface area contributed by atoms with E-state index < -0.39 is 0 Å². The van der Waals surface area contributed by atoms with E-state index in [1.54, 1.807) is 6.33 Å². The monoisotopic (exact) mass is 242 g/mol. The molecule has 0 saturated heterocycles. The maximum atomic E-state index is 4.27. The van der Waals surface area contributed by atoms with Gasteiger partial charge in [-0.15, -0.1) is 0 Å². The van der Waals surface area contributed by atoms with Crippen molar-refractivity contribution >= 4 is 11.8 Å². The normalized spacial score (nSPS) is 12.4. The lowest BCUT2D eigenvalue weighted by atomic mass is 10.2. The molecule has 1 heterocycles. The average molecular weight is 242 g/mol. The Morgan fingerprint density at radius 3 is 2.75 bits per heavy atom. The van der Waals surface area contributed by atoms with Gasteiger partial charge < -0.3 is 5.32 Å². The highest BCUT2D eigenvalue weighted by atomic mass is 32.2. The van der Waals surface area contributed by atoms with Crippen LogP contribution in [0.5, 0.6) is 0 Å². The molecule has 1 N–H and O–H groups in total. The number of rotatable bonds is 6. The Hall–Kier alpha value is -0.550. The van der Waals surface area contributed by atoms with Gasteiger partial charge in [0, 0.05) is 17.3 Å². The predicted octanol–water partition coefficient (Wildman–Crippen LogP) is 2.09. The summed E-state index contributed by atoms with van der Waals surface area (Å²) >= 11 is 1.87. The van der Waals surface area contributed by atoms with E-state index in [-0.39, 0.29) is 4.75 Å². The molecule has 0 bridgehead atoms. The molecule has 16 heavy (non-hydrogen) atoms. The second kappa shape index (κ2) is 5.68. The smallest absolute Gasteiger partial charge is 0.141 e. The van der Waals surface area contributed by atoms with E-state index in [9.17, 15) is 0 Å². The van der Waals surface area contributed by atoms with Gasteiger partial charge in [0.15, 0.2) is 0 Å². The fourth-order valence-electron chi connectivity index (χ4n) is 1.38. The van der Waals surface area contributed by atoms with E-state index in [0.29, 0.717) is 6.04 Å². The first-order chi connectivity index (χ1) is 7.46. The Morgan fingerprint density at radius 2 is 2.19 bits per heavy atom. The molecular formula is C11H22N4S. The predicted molar refractivity (Wildman–Crippen MR) is 69.7 cm³/mol. The summed E-state index contributed by atoms with van der Waals surface area (Å²) in [5.41, 5.74) is 0. The molecule has 0 aliphatic heterocycles. The summed E-state index contributed by atoms with van der Waals surface area (Å²) in [5, 5.41) is 7.64. The lowest BCUT2D eigenvalue weighted by Gasteiger charge is -2.22. The van der Waals surface area contributed by atoms with Crippen molar-refractivity contribution in [3.8, 4) is 0 Å². The van der Waals surface area contributed by atoms with Gasteiger partial charge in [-0.05, 0) is 34.0 Å². The largest absolute Gasteiger partial charge is 0.308 e. The SMILES string of the molecule is CSC(C)(C)CNCc1ncnn1C(C)C. The highest BCUT2D eigenvalue weighted by Crippen LogP contribution is 2.19. The molecule has 92 valence electrons. The van der Waals surface area contributed by atoms with Crippen molar-refractivity contribution in [1.29, 1.82) is 0 Å². The Morgan fingerprint density at radius 1 is 1.50 bits per heavy atom. The summed E-state index contributed by atoms with van der Waals surface area (Å²) in [6, 6.07) is 0.368. The van der Waals surface area contributed by atoms with Gasteiger partial charge in [0.2, 0.25) is 0 Å². The van der Waals surface area contributed by atoms with Gasteiger partial charge in [-0.2, -0.15) is 16.9 Å². The molecule has 5 heteroatoms. The minimum absolute atomic E-state index is 0.267. The van der Waals surface area contributed by atoms with Crippen LogP contribution in [0.3, 0.4) is 0 Å². The van der Waals surface area contributed by atoms with Crippen molar-refractivity contribution in [3.63, 3.8) is 0 Å². The molecule has 1 rings (SSSR count). The van der Waals surface area contributed by atoms with Crippen molar-refractivity contribution in [2.45, 2.75) is 45.0 Å². The first kappa shape index (κ1) is 13.5. The highest BCUT2D eigenvalue weighted by Gasteiger charge is 2.15. The van der Waals surface area contributed by atoms with Crippen molar-refractivity contribution in [2.24, 2.45) is 0 Å². The molecule has 0 fully saturated rings. The van der Waals surface area contributed by atoms with Crippen molar-refractivity contribution in [1.82, 2.24) is 20.1 Å². The summed E-state index contributed by atoms with van der Waals surface area (Å²) in [6.07, 6.45) is 3.76. The van der Waals surface area contributed by atoms with Gasteiger partial charge in [0.05, 0.1) is 6.54 Å². The minimum Gasteiger partial charge on any atom is -0.308 e. The summed E-state index contributed by atoms with van der Waals surface area (Å²) < 4.78 is 2.22. The fourth-order valence-corrected chi connectivity index (χ4v) is 1.63. The zero-order valence-corrected chi connectivity index (χ0v) is 11.6. The lowest BCUT2D eigenvalue weighted by Crippen LogP contribution is -2.32. The van der Waals surface area contributed by atoms with Crippen LogP contribution in [0.1, 0.15) is 39.6 Å². The first-order valence-corrected chi connectivity index (χ1v) is 6.83. The van der Waals surface area contributed by atoms with Gasteiger partial charge >= 0.3 is 0 Å². The number of nitrogens with zero attached hydrogens (tertiary/aromatic N) is 3. The van der Waals surface area contributed by atoms with Crippen molar-refractivity contribution in [2.75, 3.05) is 12.8 Å². The van der Waals surface area contributed by atoms with Crippen molar-refractivity contribution in [3.05, 3.63) is 12.2 Å². The van der Waals surface area contributed by atoms with Crippen LogP contribution in [0, 0.1) is 0 Å². The number of thioether (sulfide) groups is 1. The number of aromatic nitrogens is 3. The minimum atomic E-state index is 0.267. The summed E-state index contributed by atoms with van der Waals surface area (Å²) in [6.45, 7) is 10.4. The van der Waals surface area contributed by atoms with Gasteiger partial charge in [-0.3, -0.25) is 0 Å². The van der Waals surface area contributed by atoms with Crippen LogP contribution in [0.15, 0.2) is 6.33 Å². The van der Waals surface area contributed by atoms with Crippen molar-refractivity contribution < 1.29 is 0 Å². The van der Waals surface area contributed by atoms with E-state index in [1.807, 2.05) is 16.4 Å². The molecule has 0 saturated carbocycles. The molecular weight excluding hydrogens is 220 g/mol. The lowest BCUT2D eigenvalue weighted by molar-refractivity contribution is 0.483. The van der Waals surface area contributed by atoms with Crippen LogP contribution in [0.25, 0.3) is 0 Å². The highest BCUT2D eigenvalue weighted by molar-refractivity contribution is 7.99. The molecule has 0 amide bonds. The van der Waals surface area contributed by atoms with Crippen LogP contribution >= 0.6 is 11.8 Å². The number of nitrogens with one attached hydrogen (secondary N) is 1. The third-order valence-corrected chi connectivity index (χ3v) is 3.77. The molecule has 1 aromatic rings. The Bertz CT molecular complexity index is 320. The molecule has 0 aromatic carbocycles. The van der Waals surface area contributed by atoms with Gasteiger partial charge in [0.25, 0.3) is 0 Å². The Labute approximate surface area is 102 Å². The second-order valence-corrected chi connectivity index (χ2v) is 6.30. The topological polar surface area (TPSA) is 42.7 Å². The third-order valence-electron chi connectivity index (χ3n) is 2.52. The fraction of sp³-hybridized carbons (Fsp3) is 0.818. The number of hydrogen-bond donors (Lipinski definition) is 1. The molecule has 4 nitrogen and oxygen atoms in total. The standard InChI is InChI=1S/C11H22N4S/c1-9(2)15-10(13-8-14-15)6-12-7-11(3,4)16-5/h8-9,12H,6-7H2,1-5H3. The van der Waals surface area contributed by atoms with E-state index in [2.05, 4.69) is 49.4 Å². The van der Waals surface area contributed by atoms with Crippen LogP contribution < -0.4 is 5.32 Å². The molecule has 0 atom stereocenters. The van der Waals surface area contributed by atoms with Crippen LogP contribution in [-0.2, 0) is 6.54 Å². The molecule has 1 aromatic heterocycles. The Balaban J connectivity index is 2.46. The number of hydrogen-bond acceptors (Lipinski definition) is 4. The maximum absolute atomic E-state index is 4.27. The zero-order chi connectivity index (χ0) is 12.2. The molecule has 0 radical (unpaired) electrons. The van der Waals surface area contributed by atoms with Gasteiger partial charge in [-0.25, -0.2) is 9.67 Å². The second-order valence-electron chi connectivity index (χ2n) is 4.78. The van der Waals surface area contributed by atoms with E-state index in [1.165, 1.54) is 0 Å². The molecule has 0 unspecified atom stereocenters. The summed E-state index contributed by atoms with van der Waals surface area (Å²) in [7, 11) is 0.